The van der Waals surface area contributed by atoms with Crippen molar-refractivity contribution in [3.05, 3.63) is 23.9 Å². The maximum Gasteiger partial charge on any atom is 0.119 e. The van der Waals surface area contributed by atoms with Gasteiger partial charge in [0.15, 0.2) is 0 Å². The van der Waals surface area contributed by atoms with Gasteiger partial charge < -0.3 is 14.8 Å². The van der Waals surface area contributed by atoms with Crippen LogP contribution in [0, 0.1) is 0 Å². The highest BCUT2D eigenvalue weighted by atomic mass is 16.5. The number of methoxy groups -OCH3 is 1. The number of morpholine rings is 1. The first-order valence-electron chi connectivity index (χ1n) is 6.11. The van der Waals surface area contributed by atoms with Crippen LogP contribution in [0.4, 0.5) is 0 Å². The number of hydrogen-bond donors (Lipinski definition) is 1. The zero-order valence-electron chi connectivity index (χ0n) is 10.6. The van der Waals surface area contributed by atoms with E-state index >= 15 is 0 Å². The fourth-order valence-corrected chi connectivity index (χ4v) is 2.40. The Hall–Kier alpha value is -1.59. The zero-order chi connectivity index (χ0) is 12.5. The minimum Gasteiger partial charge on any atom is -0.497 e. The summed E-state index contributed by atoms with van der Waals surface area (Å²) >= 11 is 0. The molecule has 5 nitrogen and oxygen atoms in total. The van der Waals surface area contributed by atoms with Crippen molar-refractivity contribution in [3.63, 3.8) is 0 Å². The number of aryl methyl sites for hydroxylation is 1. The molecule has 0 bridgehead atoms. The van der Waals surface area contributed by atoms with Crippen LogP contribution >= 0.6 is 0 Å². The molecule has 1 unspecified atom stereocenters. The van der Waals surface area contributed by atoms with E-state index < -0.39 is 0 Å². The molecule has 3 rings (SSSR count). The molecule has 5 heteroatoms. The zero-order valence-corrected chi connectivity index (χ0v) is 10.6. The molecule has 1 aliphatic heterocycles. The summed E-state index contributed by atoms with van der Waals surface area (Å²) in [6.07, 6.45) is 0. The molecule has 0 aliphatic carbocycles. The van der Waals surface area contributed by atoms with E-state index in [9.17, 15) is 0 Å². The smallest absolute Gasteiger partial charge is 0.119 e. The van der Waals surface area contributed by atoms with Crippen molar-refractivity contribution in [1.29, 1.82) is 0 Å². The second-order valence-corrected chi connectivity index (χ2v) is 4.47. The molecule has 2 aromatic rings. The predicted octanol–water partition coefficient (Wildman–Crippen LogP) is 1.24. The number of rotatable bonds is 2. The summed E-state index contributed by atoms with van der Waals surface area (Å²) in [7, 11) is 3.64. The van der Waals surface area contributed by atoms with Gasteiger partial charge in [-0.15, -0.1) is 0 Å². The van der Waals surface area contributed by atoms with Gasteiger partial charge in [-0.2, -0.15) is 5.10 Å². The third-order valence-electron chi connectivity index (χ3n) is 3.34. The molecule has 1 aromatic heterocycles. The average Bonchev–Trinajstić information content (AvgIpc) is 2.76. The number of hydrogen-bond acceptors (Lipinski definition) is 4. The van der Waals surface area contributed by atoms with Gasteiger partial charge in [0.2, 0.25) is 0 Å². The maximum atomic E-state index is 5.51. The number of fused-ring (bicyclic) bond motifs is 1. The highest BCUT2D eigenvalue weighted by Gasteiger charge is 2.21. The van der Waals surface area contributed by atoms with Gasteiger partial charge >= 0.3 is 0 Å². The predicted molar refractivity (Wildman–Crippen MR) is 68.8 cm³/mol. The van der Waals surface area contributed by atoms with E-state index in [1.807, 2.05) is 29.9 Å². The van der Waals surface area contributed by atoms with E-state index in [0.717, 1.165) is 35.5 Å². The minimum absolute atomic E-state index is 0.162. The first kappa shape index (κ1) is 11.5. The summed E-state index contributed by atoms with van der Waals surface area (Å²) in [5, 5.41) is 9.17. The lowest BCUT2D eigenvalue weighted by Crippen LogP contribution is -2.34. The topological polar surface area (TPSA) is 48.3 Å². The molecule has 1 aliphatic rings. The summed E-state index contributed by atoms with van der Waals surface area (Å²) in [6, 6.07) is 6.19. The lowest BCUT2D eigenvalue weighted by Gasteiger charge is -2.22. The van der Waals surface area contributed by atoms with Crippen molar-refractivity contribution < 1.29 is 9.47 Å². The normalized spacial score (nSPS) is 20.2. The molecule has 0 amide bonds. The fraction of sp³-hybridized carbons (Fsp3) is 0.462. The number of aromatic nitrogens is 2. The van der Waals surface area contributed by atoms with Crippen molar-refractivity contribution in [2.75, 3.05) is 26.9 Å². The number of ether oxygens (including phenoxy) is 2. The summed E-state index contributed by atoms with van der Waals surface area (Å²) in [5.41, 5.74) is 2.14. The minimum atomic E-state index is 0.162. The molecule has 1 N–H and O–H groups in total. The Balaban J connectivity index is 2.09. The van der Waals surface area contributed by atoms with Crippen LogP contribution in [0.1, 0.15) is 11.7 Å². The lowest BCUT2D eigenvalue weighted by molar-refractivity contribution is 0.0758. The van der Waals surface area contributed by atoms with Crippen molar-refractivity contribution in [1.82, 2.24) is 15.1 Å². The number of nitrogens with zero attached hydrogens (tertiary/aromatic N) is 2. The SMILES string of the molecule is COc1ccc2c(c1)c(C1COCCN1)nn2C. The fourth-order valence-electron chi connectivity index (χ4n) is 2.40. The Labute approximate surface area is 106 Å². The van der Waals surface area contributed by atoms with Gasteiger partial charge in [0.05, 0.1) is 37.6 Å². The molecule has 0 radical (unpaired) electrons. The average molecular weight is 247 g/mol. The molecule has 1 fully saturated rings. The van der Waals surface area contributed by atoms with Crippen LogP contribution in [0.25, 0.3) is 10.9 Å². The third-order valence-corrected chi connectivity index (χ3v) is 3.34. The molecule has 1 aromatic carbocycles. The van der Waals surface area contributed by atoms with Crippen molar-refractivity contribution in [2.45, 2.75) is 6.04 Å². The third kappa shape index (κ3) is 1.85. The Kier molecular flexibility index (Phi) is 2.93. The van der Waals surface area contributed by atoms with E-state index in [1.54, 1.807) is 7.11 Å². The summed E-state index contributed by atoms with van der Waals surface area (Å²) in [4.78, 5) is 0. The molecule has 18 heavy (non-hydrogen) atoms. The molecule has 0 saturated carbocycles. The lowest BCUT2D eigenvalue weighted by atomic mass is 10.1. The quantitative estimate of drug-likeness (QED) is 0.867. The Morgan fingerprint density at radius 3 is 3.11 bits per heavy atom. The first-order valence-corrected chi connectivity index (χ1v) is 6.11. The number of benzene rings is 1. The Bertz CT molecular complexity index is 559. The standard InChI is InChI=1S/C13H17N3O2/c1-16-12-4-3-9(17-2)7-10(12)13(15-16)11-8-18-6-5-14-11/h3-4,7,11,14H,5-6,8H2,1-2H3. The van der Waals surface area contributed by atoms with Gasteiger partial charge in [-0.1, -0.05) is 0 Å². The number of nitrogens with one attached hydrogen (secondary N) is 1. The van der Waals surface area contributed by atoms with E-state index in [2.05, 4.69) is 10.4 Å². The van der Waals surface area contributed by atoms with Crippen LogP contribution in [0.3, 0.4) is 0 Å². The Morgan fingerprint density at radius 1 is 1.50 bits per heavy atom. The molecule has 2 heterocycles. The summed E-state index contributed by atoms with van der Waals surface area (Å²) < 4.78 is 12.7. The van der Waals surface area contributed by atoms with Crippen LogP contribution in [-0.2, 0) is 11.8 Å². The molecule has 0 spiro atoms. The van der Waals surface area contributed by atoms with Crippen molar-refractivity contribution in [3.8, 4) is 5.75 Å². The highest BCUT2D eigenvalue weighted by molar-refractivity contribution is 5.84. The monoisotopic (exact) mass is 247 g/mol. The molecule has 1 saturated heterocycles. The second kappa shape index (κ2) is 4.59. The molecule has 96 valence electrons. The summed E-state index contributed by atoms with van der Waals surface area (Å²) in [6.45, 7) is 2.31. The van der Waals surface area contributed by atoms with E-state index in [-0.39, 0.29) is 6.04 Å². The second-order valence-electron chi connectivity index (χ2n) is 4.47. The molecule has 1 atom stereocenters. The van der Waals surface area contributed by atoms with Crippen LogP contribution in [-0.4, -0.2) is 36.6 Å². The van der Waals surface area contributed by atoms with Gasteiger partial charge in [0.25, 0.3) is 0 Å². The van der Waals surface area contributed by atoms with Gasteiger partial charge in [0.1, 0.15) is 5.75 Å². The van der Waals surface area contributed by atoms with Crippen LogP contribution < -0.4 is 10.1 Å². The van der Waals surface area contributed by atoms with E-state index in [1.165, 1.54) is 0 Å². The molecular weight excluding hydrogens is 230 g/mol. The van der Waals surface area contributed by atoms with Crippen LogP contribution in [0.2, 0.25) is 0 Å². The van der Waals surface area contributed by atoms with Gasteiger partial charge in [-0.25, -0.2) is 0 Å². The molecular formula is C13H17N3O2. The van der Waals surface area contributed by atoms with E-state index in [4.69, 9.17) is 9.47 Å². The maximum absolute atomic E-state index is 5.51. The largest absolute Gasteiger partial charge is 0.497 e. The van der Waals surface area contributed by atoms with Crippen molar-refractivity contribution in [2.24, 2.45) is 7.05 Å². The van der Waals surface area contributed by atoms with Gasteiger partial charge in [-0.05, 0) is 18.2 Å². The van der Waals surface area contributed by atoms with Crippen LogP contribution in [0.15, 0.2) is 18.2 Å². The van der Waals surface area contributed by atoms with Gasteiger partial charge in [0, 0.05) is 19.0 Å². The first-order chi connectivity index (χ1) is 8.79. The van der Waals surface area contributed by atoms with E-state index in [0.29, 0.717) is 6.61 Å². The van der Waals surface area contributed by atoms with Gasteiger partial charge in [-0.3, -0.25) is 4.68 Å². The van der Waals surface area contributed by atoms with Crippen molar-refractivity contribution >= 4 is 10.9 Å². The summed E-state index contributed by atoms with van der Waals surface area (Å²) in [5.74, 6) is 0.855. The Morgan fingerprint density at radius 2 is 2.39 bits per heavy atom. The highest BCUT2D eigenvalue weighted by Crippen LogP contribution is 2.28. The van der Waals surface area contributed by atoms with Crippen LogP contribution in [0.5, 0.6) is 5.75 Å².